The molecule has 0 aromatic heterocycles. The maximum absolute atomic E-state index is 14.0. The van der Waals surface area contributed by atoms with Crippen LogP contribution < -0.4 is 16.3 Å². The van der Waals surface area contributed by atoms with Crippen molar-refractivity contribution in [2.24, 2.45) is 4.99 Å². The zero-order valence-corrected chi connectivity index (χ0v) is 18.4. The topological polar surface area (TPSA) is 127 Å². The van der Waals surface area contributed by atoms with Gasteiger partial charge in [0.25, 0.3) is 0 Å². The molecule has 0 saturated heterocycles. The third kappa shape index (κ3) is 3.08. The van der Waals surface area contributed by atoms with Crippen molar-refractivity contribution in [2.75, 3.05) is 5.73 Å². The van der Waals surface area contributed by atoms with E-state index in [0.29, 0.717) is 16.8 Å². The molecule has 4 rings (SSSR count). The largest absolute Gasteiger partial charge is 0.399 e. The van der Waals surface area contributed by atoms with Crippen molar-refractivity contribution in [3.8, 4) is 0 Å². The molecule has 0 spiro atoms. The summed E-state index contributed by atoms with van der Waals surface area (Å²) in [6.45, 7) is 3.25. The molecule has 3 aromatic rings. The van der Waals surface area contributed by atoms with Gasteiger partial charge in [-0.3, -0.25) is 4.55 Å². The Hall–Kier alpha value is -3.01. The van der Waals surface area contributed by atoms with Crippen LogP contribution in [0.4, 0.5) is 5.69 Å². The number of hydrogen-bond donors (Lipinski definition) is 2. The molecule has 31 heavy (non-hydrogen) atoms. The lowest BCUT2D eigenvalue weighted by Gasteiger charge is -2.27. The van der Waals surface area contributed by atoms with E-state index in [2.05, 4.69) is 4.99 Å². The Bertz CT molecular complexity index is 1550. The van der Waals surface area contributed by atoms with Gasteiger partial charge in [-0.05, 0) is 43.2 Å². The lowest BCUT2D eigenvalue weighted by atomic mass is 10.1. The standard InChI is InChI=1S/C22H20N2O5S2/c1-14-13-20(15(2)12-18(14)23)30(25,26)21-17-10-6-7-11-19(17)24-22(21,31(27,28)29)16-8-4-3-5-9-16/h3-13H,23H2,1-2H3,(H,27,28,29). The average Bonchev–Trinajstić information content (AvgIpc) is 3.08. The second-order valence-corrected chi connectivity index (χ2v) is 10.8. The lowest BCUT2D eigenvalue weighted by Crippen LogP contribution is -2.38. The van der Waals surface area contributed by atoms with Crippen LogP contribution in [0, 0.1) is 13.8 Å². The second-order valence-electron chi connectivity index (χ2n) is 7.42. The molecule has 160 valence electrons. The van der Waals surface area contributed by atoms with Crippen LogP contribution in [0.1, 0.15) is 16.7 Å². The summed E-state index contributed by atoms with van der Waals surface area (Å²) in [7, 11) is -9.50. The molecule has 0 bridgehead atoms. The molecule has 0 aliphatic carbocycles. The quantitative estimate of drug-likeness (QED) is 0.456. The van der Waals surface area contributed by atoms with Gasteiger partial charge in [0, 0.05) is 16.5 Å². The zero-order chi connectivity index (χ0) is 22.6. The number of sulfone groups is 1. The van der Waals surface area contributed by atoms with Gasteiger partial charge in [0.15, 0.2) is 0 Å². The number of nitrogen functional groups attached to an aromatic ring is 1. The molecular formula is C22H20N2O5S2. The minimum absolute atomic E-state index is 0.0251. The predicted molar refractivity (Wildman–Crippen MR) is 118 cm³/mol. The zero-order valence-electron chi connectivity index (χ0n) is 16.8. The number of benzene rings is 3. The molecule has 1 heterocycles. The van der Waals surface area contributed by atoms with Gasteiger partial charge >= 0.3 is 10.1 Å². The Morgan fingerprint density at radius 1 is 0.871 bits per heavy atom. The lowest BCUT2D eigenvalue weighted by molar-refractivity contribution is 0.455. The molecule has 3 N–H and O–H groups in total. The van der Waals surface area contributed by atoms with Crippen LogP contribution in [0.15, 0.2) is 76.6 Å². The van der Waals surface area contributed by atoms with Crippen molar-refractivity contribution in [2.45, 2.75) is 23.6 Å². The molecule has 3 aromatic carbocycles. The number of rotatable bonds is 4. The van der Waals surface area contributed by atoms with E-state index >= 15 is 0 Å². The summed E-state index contributed by atoms with van der Waals surface area (Å²) in [5.41, 5.74) is 7.26. The average molecular weight is 457 g/mol. The molecule has 0 radical (unpaired) electrons. The highest BCUT2D eigenvalue weighted by molar-refractivity contribution is 8.02. The first-order valence-corrected chi connectivity index (χ1v) is 12.3. The normalized spacial score (nSPS) is 18.5. The van der Waals surface area contributed by atoms with Crippen molar-refractivity contribution < 1.29 is 21.4 Å². The molecular weight excluding hydrogens is 436 g/mol. The van der Waals surface area contributed by atoms with E-state index in [0.717, 1.165) is 0 Å². The summed E-state index contributed by atoms with van der Waals surface area (Å²) < 4.78 is 64.2. The summed E-state index contributed by atoms with van der Waals surface area (Å²) in [4.78, 5) is 1.16. The summed E-state index contributed by atoms with van der Waals surface area (Å²) in [6, 6.07) is 16.8. The maximum Gasteiger partial charge on any atom is 0.300 e. The molecule has 9 heteroatoms. The van der Waals surface area contributed by atoms with Crippen LogP contribution >= 0.6 is 0 Å². The summed E-state index contributed by atoms with van der Waals surface area (Å²) >= 11 is 0. The summed E-state index contributed by atoms with van der Waals surface area (Å²) in [5, 5.41) is 0.283. The molecule has 1 aliphatic rings. The molecule has 0 amide bonds. The summed E-state index contributed by atoms with van der Waals surface area (Å²) in [6.07, 6.45) is 0. The van der Waals surface area contributed by atoms with Gasteiger partial charge in [-0.15, -0.1) is 0 Å². The first kappa shape index (κ1) is 21.2. The highest BCUT2D eigenvalue weighted by Crippen LogP contribution is 2.45. The first-order chi connectivity index (χ1) is 14.5. The number of hydrogen-bond acceptors (Lipinski definition) is 6. The van der Waals surface area contributed by atoms with Crippen LogP contribution in [0.3, 0.4) is 0 Å². The highest BCUT2D eigenvalue weighted by atomic mass is 32.2. The fourth-order valence-electron chi connectivity index (χ4n) is 3.89. The van der Waals surface area contributed by atoms with Crippen molar-refractivity contribution in [3.63, 3.8) is 0 Å². The van der Waals surface area contributed by atoms with Gasteiger partial charge in [0.1, 0.15) is 4.91 Å². The highest BCUT2D eigenvalue weighted by Gasteiger charge is 2.56. The molecule has 0 saturated carbocycles. The third-order valence-electron chi connectivity index (χ3n) is 5.39. The first-order valence-electron chi connectivity index (χ1n) is 9.34. The maximum atomic E-state index is 14.0. The minimum atomic E-state index is -5.06. The predicted octanol–water partition coefficient (Wildman–Crippen LogP) is 1.84. The Morgan fingerprint density at radius 3 is 2.13 bits per heavy atom. The van der Waals surface area contributed by atoms with Crippen LogP contribution in [0.5, 0.6) is 0 Å². The van der Waals surface area contributed by atoms with E-state index in [1.165, 1.54) is 36.4 Å². The SMILES string of the molecule is Cc1cc(S(=O)(=O)C2=c3ccccc3=NC2(c2ccccc2)S(=O)(=O)O)c(C)cc1N. The van der Waals surface area contributed by atoms with E-state index in [1.54, 1.807) is 44.2 Å². The van der Waals surface area contributed by atoms with E-state index in [-0.39, 0.29) is 21.0 Å². The van der Waals surface area contributed by atoms with E-state index in [1.807, 2.05) is 0 Å². The molecule has 1 atom stereocenters. The fraction of sp³-hybridized carbons (Fsp3) is 0.136. The smallest absolute Gasteiger partial charge is 0.300 e. The van der Waals surface area contributed by atoms with Gasteiger partial charge in [0.2, 0.25) is 14.7 Å². The van der Waals surface area contributed by atoms with Gasteiger partial charge in [0.05, 0.1) is 10.3 Å². The number of para-hydroxylation sites is 1. The van der Waals surface area contributed by atoms with Crippen LogP contribution in [0.25, 0.3) is 4.91 Å². The number of fused-ring (bicyclic) bond motifs is 1. The van der Waals surface area contributed by atoms with E-state index in [4.69, 9.17) is 5.73 Å². The van der Waals surface area contributed by atoms with Gasteiger partial charge in [-0.2, -0.15) is 8.42 Å². The molecule has 1 aliphatic heterocycles. The fourth-order valence-corrected chi connectivity index (χ4v) is 7.55. The van der Waals surface area contributed by atoms with Crippen LogP contribution in [-0.2, 0) is 24.8 Å². The minimum Gasteiger partial charge on any atom is -0.399 e. The van der Waals surface area contributed by atoms with E-state index in [9.17, 15) is 21.4 Å². The number of aryl methyl sites for hydroxylation is 2. The van der Waals surface area contributed by atoms with Gasteiger partial charge < -0.3 is 5.73 Å². The van der Waals surface area contributed by atoms with Gasteiger partial charge in [-0.25, -0.2) is 13.4 Å². The Morgan fingerprint density at radius 2 is 1.48 bits per heavy atom. The van der Waals surface area contributed by atoms with Crippen molar-refractivity contribution in [1.29, 1.82) is 0 Å². The number of nitrogens with two attached hydrogens (primary N) is 1. The second kappa shape index (κ2) is 7.01. The molecule has 1 unspecified atom stereocenters. The third-order valence-corrected chi connectivity index (χ3v) is 8.87. The van der Waals surface area contributed by atoms with Gasteiger partial charge in [-0.1, -0.05) is 48.5 Å². The van der Waals surface area contributed by atoms with Crippen molar-refractivity contribution in [1.82, 2.24) is 0 Å². The Kier molecular flexibility index (Phi) is 4.80. The molecule has 7 nitrogen and oxygen atoms in total. The number of anilines is 1. The Balaban J connectivity index is 2.22. The number of nitrogens with zero attached hydrogens (tertiary/aromatic N) is 1. The van der Waals surface area contributed by atoms with E-state index < -0.39 is 29.7 Å². The van der Waals surface area contributed by atoms with Crippen LogP contribution in [0.2, 0.25) is 0 Å². The van der Waals surface area contributed by atoms with Crippen LogP contribution in [-0.4, -0.2) is 21.4 Å². The van der Waals surface area contributed by atoms with Crippen molar-refractivity contribution >= 4 is 30.5 Å². The van der Waals surface area contributed by atoms with Crippen molar-refractivity contribution in [3.05, 3.63) is 94.0 Å². The molecule has 0 fully saturated rings. The monoisotopic (exact) mass is 456 g/mol. The Labute approximate surface area is 180 Å². The summed E-state index contributed by atoms with van der Waals surface area (Å²) in [5.74, 6) is 0.